The number of aliphatic hydroxyl groups is 1. The summed E-state index contributed by atoms with van der Waals surface area (Å²) < 4.78 is 12.2. The van der Waals surface area contributed by atoms with E-state index in [9.17, 15) is 19.5 Å². The van der Waals surface area contributed by atoms with Crippen LogP contribution < -0.4 is 0 Å². The lowest BCUT2D eigenvalue weighted by Gasteiger charge is -2.36. The highest BCUT2D eigenvalue weighted by Gasteiger charge is 2.78. The zero-order chi connectivity index (χ0) is 25.6. The van der Waals surface area contributed by atoms with Crippen LogP contribution in [0, 0.1) is 11.8 Å². The van der Waals surface area contributed by atoms with E-state index in [0.717, 1.165) is 19.3 Å². The first-order valence-electron chi connectivity index (χ1n) is 13.1. The predicted octanol–water partition coefficient (Wildman–Crippen LogP) is 2.85. The molecule has 0 saturated carbocycles. The van der Waals surface area contributed by atoms with Gasteiger partial charge < -0.3 is 24.4 Å². The largest absolute Gasteiger partial charge is 0.465 e. The lowest BCUT2D eigenvalue weighted by molar-refractivity contribution is -0.160. The van der Waals surface area contributed by atoms with Crippen molar-refractivity contribution in [2.24, 2.45) is 11.8 Å². The molecule has 2 amide bonds. The molecule has 2 unspecified atom stereocenters. The highest BCUT2D eigenvalue weighted by Crippen LogP contribution is 2.63. The molecular formula is C27H42N2O6. The van der Waals surface area contributed by atoms with E-state index in [1.807, 2.05) is 6.92 Å². The molecule has 196 valence electrons. The molecule has 3 rings (SSSR count). The second kappa shape index (κ2) is 11.7. The van der Waals surface area contributed by atoms with Gasteiger partial charge in [0.15, 0.2) is 0 Å². The summed E-state index contributed by atoms with van der Waals surface area (Å²) in [6.07, 6.45) is 8.91. The monoisotopic (exact) mass is 490 g/mol. The SMILES string of the molecule is C=CCCCOC(=O)[C@@H]1[C@H]2C(=O)N(CCCCO)C(C(=O)N(CC=C)CCCC)C23CC[C@@]1(C)O3. The Morgan fingerprint density at radius 1 is 1.23 bits per heavy atom. The number of hydrogen-bond donors (Lipinski definition) is 1. The number of carbonyl (C=O) groups is 3. The number of nitrogens with zero attached hydrogens (tertiary/aromatic N) is 2. The summed E-state index contributed by atoms with van der Waals surface area (Å²) in [6, 6.07) is -0.795. The average Bonchev–Trinajstić information content (AvgIpc) is 3.40. The Labute approximate surface area is 209 Å². The molecule has 1 spiro atoms. The van der Waals surface area contributed by atoms with Gasteiger partial charge in [0.2, 0.25) is 11.8 Å². The van der Waals surface area contributed by atoms with Gasteiger partial charge in [0, 0.05) is 26.2 Å². The van der Waals surface area contributed by atoms with Crippen molar-refractivity contribution >= 4 is 17.8 Å². The zero-order valence-electron chi connectivity index (χ0n) is 21.4. The van der Waals surface area contributed by atoms with Crippen LogP contribution in [0.15, 0.2) is 25.3 Å². The Hall–Kier alpha value is -2.19. The molecule has 0 radical (unpaired) electrons. The smallest absolute Gasteiger partial charge is 0.312 e. The van der Waals surface area contributed by atoms with Gasteiger partial charge in [0.05, 0.1) is 18.1 Å². The number of likely N-dealkylation sites (tertiary alicyclic amines) is 1. The summed E-state index contributed by atoms with van der Waals surface area (Å²) in [5.41, 5.74) is -1.88. The zero-order valence-corrected chi connectivity index (χ0v) is 21.4. The minimum atomic E-state index is -1.04. The number of ether oxygens (including phenoxy) is 2. The Kier molecular flexibility index (Phi) is 9.16. The highest BCUT2D eigenvalue weighted by molar-refractivity contribution is 5.98. The van der Waals surface area contributed by atoms with E-state index in [-0.39, 0.29) is 25.0 Å². The standard InChI is InChI=1S/C27H42N2O6/c1-5-8-12-19-34-25(33)21-20-23(31)29(17-10-11-18-30)22(27(20)14-13-26(21,4)35-27)24(32)28(15-7-3)16-9-6-2/h5,7,20-22,30H,1,3,6,8-19H2,2,4H3/t20-,21-,22?,26+,27?/m0/s1. The molecule has 8 nitrogen and oxygen atoms in total. The van der Waals surface area contributed by atoms with Gasteiger partial charge in [-0.15, -0.1) is 13.2 Å². The van der Waals surface area contributed by atoms with Crippen LogP contribution in [0.3, 0.4) is 0 Å². The van der Waals surface area contributed by atoms with E-state index in [1.165, 1.54) is 0 Å². The number of amides is 2. The number of carbonyl (C=O) groups excluding carboxylic acids is 3. The third-order valence-corrected chi connectivity index (χ3v) is 7.81. The number of fused-ring (bicyclic) bond motifs is 1. The van der Waals surface area contributed by atoms with Gasteiger partial charge in [-0.2, -0.15) is 0 Å². The quantitative estimate of drug-likeness (QED) is 0.215. The summed E-state index contributed by atoms with van der Waals surface area (Å²) in [5.74, 6) is -2.27. The van der Waals surface area contributed by atoms with E-state index >= 15 is 0 Å². The molecule has 3 fully saturated rings. The Morgan fingerprint density at radius 2 is 2.00 bits per heavy atom. The first kappa shape index (κ1) is 27.4. The second-order valence-corrected chi connectivity index (χ2v) is 10.2. The molecule has 0 aromatic carbocycles. The Bertz CT molecular complexity index is 815. The number of allylic oxidation sites excluding steroid dienone is 1. The molecule has 2 bridgehead atoms. The normalized spacial score (nSPS) is 30.9. The van der Waals surface area contributed by atoms with Crippen LogP contribution in [0.25, 0.3) is 0 Å². The van der Waals surface area contributed by atoms with Crippen molar-refractivity contribution in [2.45, 2.75) is 82.5 Å². The van der Waals surface area contributed by atoms with Gasteiger partial charge >= 0.3 is 5.97 Å². The molecular weight excluding hydrogens is 448 g/mol. The summed E-state index contributed by atoms with van der Waals surface area (Å²) in [6.45, 7) is 13.0. The molecule has 0 aliphatic carbocycles. The van der Waals surface area contributed by atoms with E-state index < -0.39 is 35.0 Å². The molecule has 5 atom stereocenters. The van der Waals surface area contributed by atoms with Crippen LogP contribution in [0.5, 0.6) is 0 Å². The maximum Gasteiger partial charge on any atom is 0.312 e. The van der Waals surface area contributed by atoms with Gasteiger partial charge in [0.25, 0.3) is 0 Å². The number of rotatable bonds is 15. The van der Waals surface area contributed by atoms with Crippen molar-refractivity contribution in [2.75, 3.05) is 32.8 Å². The van der Waals surface area contributed by atoms with Crippen LogP contribution in [-0.4, -0.2) is 82.8 Å². The molecule has 3 aliphatic heterocycles. The Balaban J connectivity index is 1.94. The van der Waals surface area contributed by atoms with Crippen molar-refractivity contribution in [3.63, 3.8) is 0 Å². The van der Waals surface area contributed by atoms with Crippen molar-refractivity contribution in [3.05, 3.63) is 25.3 Å². The maximum atomic E-state index is 14.0. The number of esters is 1. The molecule has 3 saturated heterocycles. The van der Waals surface area contributed by atoms with Crippen molar-refractivity contribution in [1.82, 2.24) is 9.80 Å². The molecule has 0 aromatic heterocycles. The number of hydrogen-bond acceptors (Lipinski definition) is 6. The first-order chi connectivity index (χ1) is 16.8. The lowest BCUT2D eigenvalue weighted by Crippen LogP contribution is -2.56. The van der Waals surface area contributed by atoms with Crippen LogP contribution >= 0.6 is 0 Å². The fraction of sp³-hybridized carbons (Fsp3) is 0.741. The molecule has 1 N–H and O–H groups in total. The first-order valence-corrected chi connectivity index (χ1v) is 13.1. The minimum Gasteiger partial charge on any atom is -0.465 e. The maximum absolute atomic E-state index is 14.0. The lowest BCUT2D eigenvalue weighted by atomic mass is 9.66. The van der Waals surface area contributed by atoms with Gasteiger partial charge in [-0.3, -0.25) is 14.4 Å². The van der Waals surface area contributed by atoms with Crippen LogP contribution in [0.4, 0.5) is 0 Å². The highest BCUT2D eigenvalue weighted by atomic mass is 16.6. The fourth-order valence-corrected chi connectivity index (χ4v) is 6.16. The Morgan fingerprint density at radius 3 is 2.66 bits per heavy atom. The van der Waals surface area contributed by atoms with Gasteiger partial charge in [-0.1, -0.05) is 25.5 Å². The molecule has 0 aromatic rings. The van der Waals surface area contributed by atoms with Crippen molar-refractivity contribution in [3.8, 4) is 0 Å². The van der Waals surface area contributed by atoms with Gasteiger partial charge in [0.1, 0.15) is 17.6 Å². The van der Waals surface area contributed by atoms with Gasteiger partial charge in [-0.25, -0.2) is 0 Å². The fourth-order valence-electron chi connectivity index (χ4n) is 6.16. The molecule has 8 heteroatoms. The topological polar surface area (TPSA) is 96.4 Å². The number of unbranched alkanes of at least 4 members (excludes halogenated alkanes) is 3. The third kappa shape index (κ3) is 5.05. The molecule has 35 heavy (non-hydrogen) atoms. The van der Waals surface area contributed by atoms with E-state index in [1.54, 1.807) is 22.0 Å². The third-order valence-electron chi connectivity index (χ3n) is 7.81. The van der Waals surface area contributed by atoms with E-state index in [0.29, 0.717) is 51.7 Å². The summed E-state index contributed by atoms with van der Waals surface area (Å²) in [7, 11) is 0. The van der Waals surface area contributed by atoms with Crippen molar-refractivity contribution in [1.29, 1.82) is 0 Å². The summed E-state index contributed by atoms with van der Waals surface area (Å²) in [5, 5.41) is 9.29. The van der Waals surface area contributed by atoms with E-state index in [4.69, 9.17) is 9.47 Å². The molecule has 3 aliphatic rings. The van der Waals surface area contributed by atoms with Crippen molar-refractivity contribution < 1.29 is 29.0 Å². The predicted molar refractivity (Wildman–Crippen MR) is 132 cm³/mol. The minimum absolute atomic E-state index is 0.0164. The number of aliphatic hydroxyl groups excluding tert-OH is 1. The van der Waals surface area contributed by atoms with Crippen LogP contribution in [-0.2, 0) is 23.9 Å². The molecule has 3 heterocycles. The average molecular weight is 491 g/mol. The van der Waals surface area contributed by atoms with Crippen LogP contribution in [0.2, 0.25) is 0 Å². The summed E-state index contributed by atoms with van der Waals surface area (Å²) >= 11 is 0. The van der Waals surface area contributed by atoms with Gasteiger partial charge in [-0.05, 0) is 51.9 Å². The van der Waals surface area contributed by atoms with Crippen LogP contribution in [0.1, 0.15) is 65.2 Å². The van der Waals surface area contributed by atoms with E-state index in [2.05, 4.69) is 20.1 Å². The summed E-state index contributed by atoms with van der Waals surface area (Å²) in [4.78, 5) is 44.5. The second-order valence-electron chi connectivity index (χ2n) is 10.2.